The van der Waals surface area contributed by atoms with Crippen LogP contribution in [-0.4, -0.2) is 0 Å². The third-order valence-electron chi connectivity index (χ3n) is 1.84. The van der Waals surface area contributed by atoms with E-state index in [-0.39, 0.29) is 19.5 Å². The van der Waals surface area contributed by atoms with E-state index in [1.165, 1.54) is 19.3 Å². The second kappa shape index (κ2) is 7.73. The van der Waals surface area contributed by atoms with Gasteiger partial charge in [0.05, 0.1) is 0 Å². The van der Waals surface area contributed by atoms with Crippen molar-refractivity contribution in [1.82, 2.24) is 0 Å². The Morgan fingerprint density at radius 2 is 1.70 bits per heavy atom. The Bertz CT molecular complexity index is 59.7. The number of hydrogen-bond donors (Lipinski definition) is 0. The first kappa shape index (κ1) is 13.2. The van der Waals surface area contributed by atoms with Crippen LogP contribution in [0.25, 0.3) is 0 Å². The van der Waals surface area contributed by atoms with E-state index < -0.39 is 0 Å². The summed E-state index contributed by atoms with van der Waals surface area (Å²) in [5, 5.41) is 0. The smallest absolute Gasteiger partial charge is 0 e. The molecule has 58 valence electrons. The minimum absolute atomic E-state index is 0. The van der Waals surface area contributed by atoms with Gasteiger partial charge in [0.1, 0.15) is 0 Å². The molecular weight excluding hydrogens is 173 g/mol. The summed E-state index contributed by atoms with van der Waals surface area (Å²) in [5.74, 6) is 2.52. The van der Waals surface area contributed by atoms with Crippen LogP contribution in [0.3, 0.4) is 0 Å². The first-order valence-electron chi connectivity index (χ1n) is 4.06. The van der Waals surface area contributed by atoms with Crippen molar-refractivity contribution < 1.29 is 19.5 Å². The van der Waals surface area contributed by atoms with Crippen molar-refractivity contribution in [3.63, 3.8) is 0 Å². The van der Waals surface area contributed by atoms with Crippen molar-refractivity contribution >= 4 is 0 Å². The Kier molecular flexibility index (Phi) is 10.2. The summed E-state index contributed by atoms with van der Waals surface area (Å²) in [6, 6.07) is 0. The van der Waals surface area contributed by atoms with E-state index in [1.54, 1.807) is 5.92 Å². The zero-order valence-corrected chi connectivity index (χ0v) is 10.9. The molecule has 10 heavy (non-hydrogen) atoms. The van der Waals surface area contributed by atoms with Gasteiger partial charge in [-0.05, 0) is 0 Å². The summed E-state index contributed by atoms with van der Waals surface area (Å²) in [6.45, 7) is 9.08. The molecule has 0 rings (SSSR count). The summed E-state index contributed by atoms with van der Waals surface area (Å²) in [7, 11) is 0. The standard InChI is InChI=1S/C9H19.Zn/c1-5-7-9(6-2)8(3)4;/h8H,5-7H2,1-4H3;/q-1;. The molecule has 0 saturated heterocycles. The molecule has 0 radical (unpaired) electrons. The van der Waals surface area contributed by atoms with Crippen LogP contribution in [0.4, 0.5) is 0 Å². The maximum Gasteiger partial charge on any atom is 0 e. The van der Waals surface area contributed by atoms with E-state index in [9.17, 15) is 0 Å². The molecule has 0 unspecified atom stereocenters. The van der Waals surface area contributed by atoms with Gasteiger partial charge in [0.25, 0.3) is 0 Å². The van der Waals surface area contributed by atoms with Crippen LogP contribution in [0.5, 0.6) is 0 Å². The van der Waals surface area contributed by atoms with Crippen molar-refractivity contribution in [3.8, 4) is 0 Å². The summed E-state index contributed by atoms with van der Waals surface area (Å²) in [6.07, 6.45) is 3.90. The van der Waals surface area contributed by atoms with E-state index in [4.69, 9.17) is 0 Å². The fourth-order valence-corrected chi connectivity index (χ4v) is 1.19. The molecule has 0 amide bonds. The quantitative estimate of drug-likeness (QED) is 0.473. The summed E-state index contributed by atoms with van der Waals surface area (Å²) in [5.41, 5.74) is 0. The summed E-state index contributed by atoms with van der Waals surface area (Å²) in [4.78, 5) is 0. The largest absolute Gasteiger partial charge is 0.311 e. The van der Waals surface area contributed by atoms with Gasteiger partial charge in [-0.3, -0.25) is 0 Å². The van der Waals surface area contributed by atoms with E-state index in [1.807, 2.05) is 0 Å². The first-order chi connectivity index (χ1) is 4.22. The molecule has 0 nitrogen and oxygen atoms in total. The average Bonchev–Trinajstić information content (AvgIpc) is 1.82. The molecule has 0 aliphatic rings. The van der Waals surface area contributed by atoms with Gasteiger partial charge in [-0.1, -0.05) is 34.1 Å². The van der Waals surface area contributed by atoms with Crippen LogP contribution in [0.1, 0.15) is 47.0 Å². The van der Waals surface area contributed by atoms with Gasteiger partial charge in [0.15, 0.2) is 0 Å². The minimum Gasteiger partial charge on any atom is -0.311 e. The van der Waals surface area contributed by atoms with E-state index in [0.29, 0.717) is 0 Å². The number of hydrogen-bond acceptors (Lipinski definition) is 0. The third-order valence-corrected chi connectivity index (χ3v) is 1.84. The first-order valence-corrected chi connectivity index (χ1v) is 4.06. The molecule has 0 bridgehead atoms. The topological polar surface area (TPSA) is 0 Å². The van der Waals surface area contributed by atoms with Crippen molar-refractivity contribution in [3.05, 3.63) is 5.92 Å². The van der Waals surface area contributed by atoms with E-state index in [2.05, 4.69) is 27.7 Å². The molecule has 0 aromatic heterocycles. The summed E-state index contributed by atoms with van der Waals surface area (Å²) < 4.78 is 0. The Morgan fingerprint density at radius 1 is 1.20 bits per heavy atom. The van der Waals surface area contributed by atoms with Gasteiger partial charge >= 0.3 is 0 Å². The van der Waals surface area contributed by atoms with E-state index >= 15 is 0 Å². The Balaban J connectivity index is 0. The Morgan fingerprint density at radius 3 is 1.80 bits per heavy atom. The van der Waals surface area contributed by atoms with Crippen LogP contribution >= 0.6 is 0 Å². The molecule has 0 N–H and O–H groups in total. The zero-order chi connectivity index (χ0) is 7.28. The molecule has 0 fully saturated rings. The molecule has 0 saturated carbocycles. The van der Waals surface area contributed by atoms with E-state index in [0.717, 1.165) is 5.92 Å². The van der Waals surface area contributed by atoms with Gasteiger partial charge in [-0.2, -0.15) is 18.8 Å². The second-order valence-corrected chi connectivity index (χ2v) is 2.92. The molecular formula is C9H19Zn-. The second-order valence-electron chi connectivity index (χ2n) is 2.92. The predicted octanol–water partition coefficient (Wildman–Crippen LogP) is 3.42. The minimum atomic E-state index is 0. The monoisotopic (exact) mass is 191 g/mol. The third kappa shape index (κ3) is 5.41. The fourth-order valence-electron chi connectivity index (χ4n) is 1.19. The molecule has 0 atom stereocenters. The Hall–Kier alpha value is 0.623. The molecule has 0 spiro atoms. The maximum absolute atomic E-state index is 2.29. The van der Waals surface area contributed by atoms with Crippen LogP contribution in [0.2, 0.25) is 0 Å². The van der Waals surface area contributed by atoms with Gasteiger partial charge < -0.3 is 5.92 Å². The van der Waals surface area contributed by atoms with Gasteiger partial charge in [-0.15, -0.1) is 0 Å². The van der Waals surface area contributed by atoms with Crippen molar-refractivity contribution in [2.24, 2.45) is 5.92 Å². The van der Waals surface area contributed by atoms with Crippen molar-refractivity contribution in [2.45, 2.75) is 47.0 Å². The molecule has 0 aliphatic heterocycles. The normalized spacial score (nSPS) is 10.2. The van der Waals surface area contributed by atoms with Crippen LogP contribution in [0, 0.1) is 11.8 Å². The number of rotatable bonds is 4. The maximum atomic E-state index is 2.29. The van der Waals surface area contributed by atoms with Crippen LogP contribution in [0.15, 0.2) is 0 Å². The SMILES string of the molecule is CCC[C-](CC)C(C)C.[Zn]. The van der Waals surface area contributed by atoms with Gasteiger partial charge in [-0.25, -0.2) is 0 Å². The zero-order valence-electron chi connectivity index (χ0n) is 7.91. The predicted molar refractivity (Wildman–Crippen MR) is 43.3 cm³/mol. The Labute approximate surface area is 78.5 Å². The molecule has 1 heteroatoms. The molecule has 0 aromatic carbocycles. The molecule has 0 aromatic rings. The van der Waals surface area contributed by atoms with Crippen LogP contribution in [-0.2, 0) is 19.5 Å². The fraction of sp³-hybridized carbons (Fsp3) is 0.889. The van der Waals surface area contributed by atoms with Gasteiger partial charge in [0, 0.05) is 19.5 Å². The molecule has 0 heterocycles. The summed E-state index contributed by atoms with van der Waals surface area (Å²) >= 11 is 0. The molecule has 0 aliphatic carbocycles. The van der Waals surface area contributed by atoms with Crippen molar-refractivity contribution in [2.75, 3.05) is 0 Å². The average molecular weight is 193 g/mol. The van der Waals surface area contributed by atoms with Gasteiger partial charge in [0.2, 0.25) is 0 Å². The van der Waals surface area contributed by atoms with Crippen LogP contribution < -0.4 is 0 Å². The van der Waals surface area contributed by atoms with Crippen molar-refractivity contribution in [1.29, 1.82) is 0 Å².